The van der Waals surface area contributed by atoms with Crippen molar-refractivity contribution in [3.63, 3.8) is 0 Å². The lowest BCUT2D eigenvalue weighted by atomic mass is 9.92. The van der Waals surface area contributed by atoms with Gasteiger partial charge < -0.3 is 4.90 Å². The van der Waals surface area contributed by atoms with Gasteiger partial charge in [0.1, 0.15) is 11.6 Å². The van der Waals surface area contributed by atoms with E-state index in [1.807, 2.05) is 6.92 Å². The maximum absolute atomic E-state index is 8.12. The van der Waals surface area contributed by atoms with E-state index < -0.39 is 0 Å². The second kappa shape index (κ2) is 10.6. The summed E-state index contributed by atoms with van der Waals surface area (Å²) in [7, 11) is 0. The Morgan fingerprint density at radius 1 is 1.03 bits per heavy atom. The predicted molar refractivity (Wildman–Crippen MR) is 135 cm³/mol. The zero-order valence-electron chi connectivity index (χ0n) is 20.5. The smallest absolute Gasteiger partial charge is 0.356 e. The highest BCUT2D eigenvalue weighted by molar-refractivity contribution is 9.10. The third-order valence-corrected chi connectivity index (χ3v) is 7.20. The monoisotopic (exact) mass is 512 g/mol. The van der Waals surface area contributed by atoms with Crippen LogP contribution in [0.25, 0.3) is 16.7 Å². The molecular formula is C26H33BrN4O2. The first-order valence-electron chi connectivity index (χ1n) is 11.6. The molecule has 0 saturated carbocycles. The molecule has 1 aliphatic rings. The van der Waals surface area contributed by atoms with Crippen LogP contribution in [0.5, 0.6) is 0 Å². The number of hydrogen-bond acceptors (Lipinski definition) is 5. The number of halogens is 1. The Bertz CT molecular complexity index is 1160. The lowest BCUT2D eigenvalue weighted by Gasteiger charge is -2.33. The predicted octanol–water partition coefficient (Wildman–Crippen LogP) is 6.16. The van der Waals surface area contributed by atoms with Crippen molar-refractivity contribution >= 4 is 38.9 Å². The van der Waals surface area contributed by atoms with Gasteiger partial charge in [-0.2, -0.15) is 9.59 Å². The Morgan fingerprint density at radius 3 is 2.15 bits per heavy atom. The summed E-state index contributed by atoms with van der Waals surface area (Å²) < 4.78 is 3.47. The van der Waals surface area contributed by atoms with Gasteiger partial charge in [-0.15, -0.1) is 0 Å². The van der Waals surface area contributed by atoms with Crippen molar-refractivity contribution in [2.75, 3.05) is 18.0 Å². The van der Waals surface area contributed by atoms with Crippen LogP contribution in [0.4, 0.5) is 5.82 Å². The Hall–Kier alpha value is -2.50. The minimum absolute atomic E-state index is 0.250. The molecule has 2 aromatic heterocycles. The molecule has 0 atom stereocenters. The fourth-order valence-corrected chi connectivity index (χ4v) is 5.83. The fourth-order valence-electron chi connectivity index (χ4n) is 5.15. The van der Waals surface area contributed by atoms with Gasteiger partial charge in [-0.25, -0.2) is 9.97 Å². The number of fused-ring (bicyclic) bond motifs is 1. The van der Waals surface area contributed by atoms with Crippen molar-refractivity contribution in [2.45, 2.75) is 67.2 Å². The second-order valence-electron chi connectivity index (χ2n) is 9.03. The molecule has 0 N–H and O–H groups in total. The van der Waals surface area contributed by atoms with Gasteiger partial charge in [-0.3, -0.25) is 4.57 Å². The Kier molecular flexibility index (Phi) is 8.09. The summed E-state index contributed by atoms with van der Waals surface area (Å²) in [5, 5.41) is 1.22. The normalized spacial score (nSPS) is 14.2. The summed E-state index contributed by atoms with van der Waals surface area (Å²) in [6.07, 6.45) is 5.42. The third-order valence-electron chi connectivity index (χ3n) is 6.74. The number of anilines is 1. The van der Waals surface area contributed by atoms with Crippen molar-refractivity contribution < 1.29 is 9.59 Å². The van der Waals surface area contributed by atoms with Gasteiger partial charge in [0.05, 0.1) is 11.1 Å². The Balaban J connectivity index is 0.000000968. The van der Waals surface area contributed by atoms with Gasteiger partial charge in [0, 0.05) is 23.3 Å². The van der Waals surface area contributed by atoms with Gasteiger partial charge in [0.15, 0.2) is 5.65 Å². The maximum Gasteiger partial charge on any atom is 0.373 e. The molecule has 33 heavy (non-hydrogen) atoms. The van der Waals surface area contributed by atoms with Crippen LogP contribution in [0.3, 0.4) is 0 Å². The van der Waals surface area contributed by atoms with Crippen LogP contribution in [0.1, 0.15) is 60.8 Å². The molecule has 0 spiro atoms. The molecule has 0 radical (unpaired) electrons. The number of hydrogen-bond donors (Lipinski definition) is 0. The molecule has 3 aromatic rings. The minimum atomic E-state index is 0.250. The first-order valence-corrected chi connectivity index (χ1v) is 12.4. The second-order valence-corrected chi connectivity index (χ2v) is 9.95. The quantitative estimate of drug-likeness (QED) is 0.418. The molecule has 1 fully saturated rings. The first-order chi connectivity index (χ1) is 15.7. The highest BCUT2D eigenvalue weighted by atomic mass is 79.9. The summed E-state index contributed by atoms with van der Waals surface area (Å²) in [5.74, 6) is 2.84. The molecule has 1 aromatic carbocycles. The molecule has 4 rings (SSSR count). The number of nitrogens with zero attached hydrogens (tertiary/aromatic N) is 4. The van der Waals surface area contributed by atoms with Gasteiger partial charge in [-0.1, -0.05) is 35.7 Å². The van der Waals surface area contributed by atoms with E-state index in [0.29, 0.717) is 0 Å². The topological polar surface area (TPSA) is 68.1 Å². The van der Waals surface area contributed by atoms with Crippen molar-refractivity contribution in [2.24, 2.45) is 5.92 Å². The Morgan fingerprint density at radius 2 is 1.61 bits per heavy atom. The number of benzene rings is 1. The maximum atomic E-state index is 8.12. The van der Waals surface area contributed by atoms with E-state index in [4.69, 9.17) is 19.6 Å². The largest absolute Gasteiger partial charge is 0.373 e. The van der Waals surface area contributed by atoms with E-state index in [-0.39, 0.29) is 6.15 Å². The molecule has 6 nitrogen and oxygen atoms in total. The van der Waals surface area contributed by atoms with Crippen LogP contribution in [0, 0.1) is 40.5 Å². The molecular weight excluding hydrogens is 480 g/mol. The number of carbonyl (C=O) groups excluding carboxylic acids is 2. The van der Waals surface area contributed by atoms with E-state index >= 15 is 0 Å². The number of aryl methyl sites for hydroxylation is 4. The molecule has 0 bridgehead atoms. The SMILES string of the molecule is CCCC1CCN(c2nc(C)nc3c2c(C)c(C)n3-c2c(C)cc(Br)cc2C)CC1.O=C=O. The fraction of sp³-hybridized carbons (Fsp3) is 0.500. The van der Waals surface area contributed by atoms with Crippen LogP contribution in [0.15, 0.2) is 16.6 Å². The average Bonchev–Trinajstić information content (AvgIpc) is 2.99. The van der Waals surface area contributed by atoms with Crippen LogP contribution in [0.2, 0.25) is 0 Å². The molecule has 1 saturated heterocycles. The van der Waals surface area contributed by atoms with Crippen LogP contribution >= 0.6 is 15.9 Å². The number of piperidine rings is 1. The van der Waals surface area contributed by atoms with Crippen LogP contribution in [-0.4, -0.2) is 33.8 Å². The first kappa shape index (κ1) is 25.1. The van der Waals surface area contributed by atoms with Gasteiger partial charge >= 0.3 is 6.15 Å². The van der Waals surface area contributed by atoms with E-state index in [0.717, 1.165) is 40.8 Å². The summed E-state index contributed by atoms with van der Waals surface area (Å²) >= 11 is 3.64. The number of rotatable bonds is 4. The highest BCUT2D eigenvalue weighted by Crippen LogP contribution is 2.37. The van der Waals surface area contributed by atoms with E-state index in [1.165, 1.54) is 59.1 Å². The third kappa shape index (κ3) is 5.04. The summed E-state index contributed by atoms with van der Waals surface area (Å²) in [6, 6.07) is 4.38. The molecule has 0 aliphatic carbocycles. The van der Waals surface area contributed by atoms with Crippen LogP contribution < -0.4 is 4.90 Å². The lowest BCUT2D eigenvalue weighted by molar-refractivity contribution is -0.191. The van der Waals surface area contributed by atoms with E-state index in [1.54, 1.807) is 0 Å². The molecule has 1 aliphatic heterocycles. The summed E-state index contributed by atoms with van der Waals surface area (Å²) in [6.45, 7) is 15.3. The minimum Gasteiger partial charge on any atom is -0.356 e. The zero-order chi connectivity index (χ0) is 24.3. The van der Waals surface area contributed by atoms with E-state index in [2.05, 4.69) is 72.1 Å². The number of aromatic nitrogens is 3. The van der Waals surface area contributed by atoms with Gasteiger partial charge in [-0.05, 0) is 82.2 Å². The average molecular weight is 513 g/mol. The van der Waals surface area contributed by atoms with Crippen LogP contribution in [-0.2, 0) is 9.59 Å². The van der Waals surface area contributed by atoms with Gasteiger partial charge in [0.2, 0.25) is 0 Å². The van der Waals surface area contributed by atoms with E-state index in [9.17, 15) is 0 Å². The molecule has 0 unspecified atom stereocenters. The Labute approximate surface area is 204 Å². The zero-order valence-corrected chi connectivity index (χ0v) is 22.0. The standard InChI is InChI=1S/C25H33BrN4.CO2/c1-7-8-20-9-11-29(12-10-20)24-22-17(4)18(5)30(25(22)28-19(6)27-24)23-15(2)13-21(26)14-16(23)3;2-1-3/h13-14,20H,7-12H2,1-6H3;. The molecule has 7 heteroatoms. The molecule has 0 amide bonds. The molecule has 3 heterocycles. The van der Waals surface area contributed by atoms with Gasteiger partial charge in [0.25, 0.3) is 0 Å². The summed E-state index contributed by atoms with van der Waals surface area (Å²) in [4.78, 5) is 28.7. The highest BCUT2D eigenvalue weighted by Gasteiger charge is 2.26. The van der Waals surface area contributed by atoms with Crippen molar-refractivity contribution in [3.8, 4) is 5.69 Å². The van der Waals surface area contributed by atoms with Crippen molar-refractivity contribution in [1.29, 1.82) is 0 Å². The van der Waals surface area contributed by atoms with Crippen molar-refractivity contribution in [1.82, 2.24) is 14.5 Å². The molecule has 176 valence electrons. The lowest BCUT2D eigenvalue weighted by Crippen LogP contribution is -2.34. The summed E-state index contributed by atoms with van der Waals surface area (Å²) in [5.41, 5.74) is 7.31. The van der Waals surface area contributed by atoms with Crippen molar-refractivity contribution in [3.05, 3.63) is 44.8 Å².